The third-order valence-electron chi connectivity index (χ3n) is 3.98. The van der Waals surface area contributed by atoms with Crippen LogP contribution < -0.4 is 5.32 Å². The molecular formula is C17H18N4O. The van der Waals surface area contributed by atoms with Gasteiger partial charge in [-0.25, -0.2) is 4.98 Å². The number of hydrogen-bond donors (Lipinski definition) is 1. The molecule has 0 spiro atoms. The highest BCUT2D eigenvalue weighted by Crippen LogP contribution is 2.20. The van der Waals surface area contributed by atoms with Crippen molar-refractivity contribution in [2.75, 3.05) is 5.32 Å². The second kappa shape index (κ2) is 5.26. The molecule has 0 bridgehead atoms. The summed E-state index contributed by atoms with van der Waals surface area (Å²) < 4.78 is 1.72. The van der Waals surface area contributed by atoms with Crippen LogP contribution in [-0.4, -0.2) is 20.7 Å². The van der Waals surface area contributed by atoms with Crippen LogP contribution >= 0.6 is 0 Å². The topological polar surface area (TPSA) is 59.8 Å². The van der Waals surface area contributed by atoms with Gasteiger partial charge in [-0.15, -0.1) is 0 Å². The first-order valence-electron chi connectivity index (χ1n) is 7.14. The van der Waals surface area contributed by atoms with E-state index in [0.717, 1.165) is 33.5 Å². The van der Waals surface area contributed by atoms with Gasteiger partial charge in [-0.3, -0.25) is 9.48 Å². The molecule has 0 atom stereocenters. The molecule has 1 amide bonds. The number of amides is 1. The van der Waals surface area contributed by atoms with E-state index in [4.69, 9.17) is 0 Å². The number of rotatable bonds is 2. The molecule has 5 nitrogen and oxygen atoms in total. The predicted molar refractivity (Wildman–Crippen MR) is 87.1 cm³/mol. The number of benzene rings is 1. The Balaban J connectivity index is 1.95. The largest absolute Gasteiger partial charge is 0.322 e. The zero-order valence-electron chi connectivity index (χ0n) is 13.1. The summed E-state index contributed by atoms with van der Waals surface area (Å²) in [6.45, 7) is 5.94. The molecule has 0 aliphatic heterocycles. The lowest BCUT2D eigenvalue weighted by Crippen LogP contribution is -2.13. The Morgan fingerprint density at radius 1 is 1.23 bits per heavy atom. The van der Waals surface area contributed by atoms with Crippen molar-refractivity contribution in [1.82, 2.24) is 14.8 Å². The number of aromatic nitrogens is 3. The standard InChI is InChI=1S/C17H18N4O/c1-10-6-5-7-15(11(10)2)19-17(22)13-8-14-12(3)20-21(4)16(14)18-9-13/h5-9H,1-4H3,(H,19,22). The fourth-order valence-electron chi connectivity index (χ4n) is 2.51. The van der Waals surface area contributed by atoms with Crippen LogP contribution in [0, 0.1) is 20.8 Å². The molecule has 2 heterocycles. The summed E-state index contributed by atoms with van der Waals surface area (Å²) in [7, 11) is 1.85. The number of nitrogens with zero attached hydrogens (tertiary/aromatic N) is 3. The summed E-state index contributed by atoms with van der Waals surface area (Å²) in [5.74, 6) is -0.161. The first kappa shape index (κ1) is 14.3. The average Bonchev–Trinajstić information content (AvgIpc) is 2.78. The molecule has 0 unspecified atom stereocenters. The van der Waals surface area contributed by atoms with Crippen LogP contribution in [0.15, 0.2) is 30.5 Å². The lowest BCUT2D eigenvalue weighted by molar-refractivity contribution is 0.102. The molecule has 3 rings (SSSR count). The Morgan fingerprint density at radius 3 is 2.77 bits per heavy atom. The van der Waals surface area contributed by atoms with Crippen LogP contribution in [0.4, 0.5) is 5.69 Å². The molecule has 0 fully saturated rings. The normalized spacial score (nSPS) is 10.9. The number of pyridine rings is 1. The van der Waals surface area contributed by atoms with E-state index in [0.29, 0.717) is 5.56 Å². The summed E-state index contributed by atoms with van der Waals surface area (Å²) in [5, 5.41) is 8.17. The van der Waals surface area contributed by atoms with E-state index in [9.17, 15) is 4.79 Å². The van der Waals surface area contributed by atoms with Crippen molar-refractivity contribution in [2.45, 2.75) is 20.8 Å². The fraction of sp³-hybridized carbons (Fsp3) is 0.235. The molecule has 0 aliphatic carbocycles. The van der Waals surface area contributed by atoms with E-state index < -0.39 is 0 Å². The maximum absolute atomic E-state index is 12.5. The van der Waals surface area contributed by atoms with Crippen LogP contribution in [-0.2, 0) is 7.05 Å². The van der Waals surface area contributed by atoms with Crippen molar-refractivity contribution >= 4 is 22.6 Å². The summed E-state index contributed by atoms with van der Waals surface area (Å²) in [6.07, 6.45) is 1.59. The molecule has 5 heteroatoms. The van der Waals surface area contributed by atoms with E-state index >= 15 is 0 Å². The lowest BCUT2D eigenvalue weighted by atomic mass is 10.1. The molecule has 1 N–H and O–H groups in total. The number of nitrogens with one attached hydrogen (secondary N) is 1. The molecule has 3 aromatic rings. The first-order chi connectivity index (χ1) is 10.5. The number of aryl methyl sites for hydroxylation is 3. The average molecular weight is 294 g/mol. The monoisotopic (exact) mass is 294 g/mol. The van der Waals surface area contributed by atoms with E-state index in [1.54, 1.807) is 10.9 Å². The Bertz CT molecular complexity index is 880. The van der Waals surface area contributed by atoms with Gasteiger partial charge in [0.2, 0.25) is 0 Å². The van der Waals surface area contributed by atoms with Gasteiger partial charge in [0.15, 0.2) is 5.65 Å². The Labute approximate surface area is 129 Å². The minimum absolute atomic E-state index is 0.161. The number of hydrogen-bond acceptors (Lipinski definition) is 3. The highest BCUT2D eigenvalue weighted by atomic mass is 16.1. The van der Waals surface area contributed by atoms with Gasteiger partial charge in [-0.1, -0.05) is 12.1 Å². The van der Waals surface area contributed by atoms with Crippen molar-refractivity contribution in [2.24, 2.45) is 7.05 Å². The fourth-order valence-corrected chi connectivity index (χ4v) is 2.51. The van der Waals surface area contributed by atoms with Crippen LogP contribution in [0.5, 0.6) is 0 Å². The van der Waals surface area contributed by atoms with Gasteiger partial charge in [0, 0.05) is 24.3 Å². The summed E-state index contributed by atoms with van der Waals surface area (Å²) in [5.41, 5.74) is 5.22. The second-order valence-corrected chi connectivity index (χ2v) is 5.51. The Kier molecular flexibility index (Phi) is 3.41. The van der Waals surface area contributed by atoms with Crippen LogP contribution in [0.2, 0.25) is 0 Å². The molecule has 112 valence electrons. The SMILES string of the molecule is Cc1cccc(NC(=O)c2cnc3c(c2)c(C)nn3C)c1C. The molecule has 1 aromatic carbocycles. The maximum atomic E-state index is 12.5. The number of carbonyl (C=O) groups is 1. The second-order valence-electron chi connectivity index (χ2n) is 5.51. The quantitative estimate of drug-likeness (QED) is 0.790. The van der Waals surface area contributed by atoms with Crippen molar-refractivity contribution in [3.63, 3.8) is 0 Å². The summed E-state index contributed by atoms with van der Waals surface area (Å²) >= 11 is 0. The van der Waals surface area contributed by atoms with Gasteiger partial charge in [-0.05, 0) is 44.0 Å². The van der Waals surface area contributed by atoms with Gasteiger partial charge < -0.3 is 5.32 Å². The third kappa shape index (κ3) is 2.35. The minimum atomic E-state index is -0.161. The third-order valence-corrected chi connectivity index (χ3v) is 3.98. The van der Waals surface area contributed by atoms with Crippen molar-refractivity contribution < 1.29 is 4.79 Å². The van der Waals surface area contributed by atoms with E-state index in [-0.39, 0.29) is 5.91 Å². The minimum Gasteiger partial charge on any atom is -0.322 e. The number of fused-ring (bicyclic) bond motifs is 1. The van der Waals surface area contributed by atoms with E-state index in [2.05, 4.69) is 15.4 Å². The van der Waals surface area contributed by atoms with E-state index in [1.807, 2.05) is 52.1 Å². The highest BCUT2D eigenvalue weighted by Gasteiger charge is 2.13. The molecule has 0 saturated carbocycles. The summed E-state index contributed by atoms with van der Waals surface area (Å²) in [6, 6.07) is 7.70. The van der Waals surface area contributed by atoms with Gasteiger partial charge in [0.05, 0.1) is 11.3 Å². The van der Waals surface area contributed by atoms with Gasteiger partial charge in [-0.2, -0.15) is 5.10 Å². The maximum Gasteiger partial charge on any atom is 0.257 e. The first-order valence-corrected chi connectivity index (χ1v) is 7.14. The molecule has 0 saturated heterocycles. The van der Waals surface area contributed by atoms with Gasteiger partial charge in [0.1, 0.15) is 0 Å². The lowest BCUT2D eigenvalue weighted by Gasteiger charge is -2.10. The predicted octanol–water partition coefficient (Wildman–Crippen LogP) is 3.15. The smallest absolute Gasteiger partial charge is 0.257 e. The molecule has 0 radical (unpaired) electrons. The van der Waals surface area contributed by atoms with E-state index in [1.165, 1.54) is 0 Å². The Morgan fingerprint density at radius 2 is 2.00 bits per heavy atom. The van der Waals surface area contributed by atoms with Crippen LogP contribution in [0.1, 0.15) is 27.2 Å². The molecule has 2 aromatic heterocycles. The zero-order valence-corrected chi connectivity index (χ0v) is 13.1. The van der Waals surface area contributed by atoms with Gasteiger partial charge in [0.25, 0.3) is 5.91 Å². The van der Waals surface area contributed by atoms with Crippen LogP contribution in [0.3, 0.4) is 0 Å². The molecule has 0 aliphatic rings. The number of anilines is 1. The van der Waals surface area contributed by atoms with Crippen LogP contribution in [0.25, 0.3) is 11.0 Å². The summed E-state index contributed by atoms with van der Waals surface area (Å²) in [4.78, 5) is 16.8. The Hall–Kier alpha value is -2.69. The number of carbonyl (C=O) groups excluding carboxylic acids is 1. The highest BCUT2D eigenvalue weighted by molar-refractivity contribution is 6.06. The van der Waals surface area contributed by atoms with Crippen molar-refractivity contribution in [3.8, 4) is 0 Å². The molecule has 22 heavy (non-hydrogen) atoms. The van der Waals surface area contributed by atoms with Gasteiger partial charge >= 0.3 is 0 Å². The van der Waals surface area contributed by atoms with Crippen molar-refractivity contribution in [3.05, 3.63) is 52.8 Å². The van der Waals surface area contributed by atoms with Crippen molar-refractivity contribution in [1.29, 1.82) is 0 Å². The zero-order chi connectivity index (χ0) is 15.9. The molecular weight excluding hydrogens is 276 g/mol.